The molecule has 0 saturated heterocycles. The molecule has 0 aliphatic heterocycles. The van der Waals surface area contributed by atoms with Crippen molar-refractivity contribution in [1.29, 1.82) is 0 Å². The summed E-state index contributed by atoms with van der Waals surface area (Å²) in [7, 11) is 1.54. The van der Waals surface area contributed by atoms with Gasteiger partial charge in [-0.15, -0.1) is 0 Å². The van der Waals surface area contributed by atoms with Crippen LogP contribution in [0.3, 0.4) is 0 Å². The monoisotopic (exact) mass is 412 g/mol. The average Bonchev–Trinajstić information content (AvgIpc) is 2.75. The number of pyridine rings is 1. The standard InChI is InChI=1S/C22H18F2N2O4/c1-13(28)26-20-9-18(15(11-27)10-25-20)17-7-8-19(22(24)21(17)23)30-12-14-3-5-16(29-2)6-4-14/h3-11H,12H2,1-2H3,(H,25,26,28). The number of nitrogens with zero attached hydrogens (tertiary/aromatic N) is 1. The van der Waals surface area contributed by atoms with Crippen molar-refractivity contribution in [3.8, 4) is 22.6 Å². The molecule has 0 aliphatic rings. The second-order valence-electron chi connectivity index (χ2n) is 6.33. The summed E-state index contributed by atoms with van der Waals surface area (Å²) in [5.74, 6) is -2.23. The Hall–Kier alpha value is -3.81. The van der Waals surface area contributed by atoms with E-state index in [4.69, 9.17) is 9.47 Å². The van der Waals surface area contributed by atoms with E-state index >= 15 is 0 Å². The molecule has 0 spiro atoms. The van der Waals surface area contributed by atoms with Crippen molar-refractivity contribution in [3.63, 3.8) is 0 Å². The zero-order valence-corrected chi connectivity index (χ0v) is 16.2. The van der Waals surface area contributed by atoms with Gasteiger partial charge in [-0.2, -0.15) is 4.39 Å². The summed E-state index contributed by atoms with van der Waals surface area (Å²) in [5, 5.41) is 2.44. The number of hydrogen-bond donors (Lipinski definition) is 1. The first kappa shape index (κ1) is 20.9. The Bertz CT molecular complexity index is 1090. The van der Waals surface area contributed by atoms with E-state index in [1.165, 1.54) is 31.3 Å². The van der Waals surface area contributed by atoms with E-state index in [0.29, 0.717) is 12.0 Å². The van der Waals surface area contributed by atoms with Gasteiger partial charge in [-0.25, -0.2) is 9.37 Å². The first-order valence-corrected chi connectivity index (χ1v) is 8.90. The summed E-state index contributed by atoms with van der Waals surface area (Å²) in [6.45, 7) is 1.31. The number of carbonyl (C=O) groups excluding carboxylic acids is 2. The predicted molar refractivity (Wildman–Crippen MR) is 107 cm³/mol. The Morgan fingerprint density at radius 1 is 1.10 bits per heavy atom. The molecule has 0 aliphatic carbocycles. The summed E-state index contributed by atoms with van der Waals surface area (Å²) in [4.78, 5) is 26.5. The highest BCUT2D eigenvalue weighted by Crippen LogP contribution is 2.32. The summed E-state index contributed by atoms with van der Waals surface area (Å²) in [5.41, 5.74) is 0.744. The van der Waals surface area contributed by atoms with Gasteiger partial charge in [0.2, 0.25) is 11.7 Å². The predicted octanol–water partition coefficient (Wildman–Crippen LogP) is 4.39. The maximum Gasteiger partial charge on any atom is 0.222 e. The third-order valence-electron chi connectivity index (χ3n) is 4.26. The number of carbonyl (C=O) groups is 2. The van der Waals surface area contributed by atoms with Gasteiger partial charge in [0, 0.05) is 29.8 Å². The number of aldehydes is 1. The number of amides is 1. The lowest BCUT2D eigenvalue weighted by Crippen LogP contribution is -2.08. The zero-order chi connectivity index (χ0) is 21.7. The Morgan fingerprint density at radius 2 is 1.83 bits per heavy atom. The minimum atomic E-state index is -1.18. The van der Waals surface area contributed by atoms with E-state index in [-0.39, 0.29) is 40.8 Å². The second-order valence-corrected chi connectivity index (χ2v) is 6.33. The van der Waals surface area contributed by atoms with Gasteiger partial charge in [0.15, 0.2) is 17.9 Å². The molecule has 6 nitrogen and oxygen atoms in total. The van der Waals surface area contributed by atoms with E-state index in [2.05, 4.69) is 10.3 Å². The van der Waals surface area contributed by atoms with E-state index in [0.717, 1.165) is 5.56 Å². The maximum absolute atomic E-state index is 14.8. The van der Waals surface area contributed by atoms with E-state index in [9.17, 15) is 18.4 Å². The molecule has 0 unspecified atom stereocenters. The van der Waals surface area contributed by atoms with Gasteiger partial charge in [-0.1, -0.05) is 12.1 Å². The smallest absolute Gasteiger partial charge is 0.222 e. The number of rotatable bonds is 7. The van der Waals surface area contributed by atoms with Crippen LogP contribution in [0.5, 0.6) is 11.5 Å². The van der Waals surface area contributed by atoms with Crippen molar-refractivity contribution in [2.75, 3.05) is 12.4 Å². The van der Waals surface area contributed by atoms with Gasteiger partial charge < -0.3 is 14.8 Å². The molecular formula is C22H18F2N2O4. The number of ether oxygens (including phenoxy) is 2. The van der Waals surface area contributed by atoms with Crippen LogP contribution in [-0.4, -0.2) is 24.3 Å². The minimum absolute atomic E-state index is 0.0290. The summed E-state index contributed by atoms with van der Waals surface area (Å²) in [6, 6.07) is 10.9. The first-order valence-electron chi connectivity index (χ1n) is 8.90. The quantitative estimate of drug-likeness (QED) is 0.583. The van der Waals surface area contributed by atoms with Gasteiger partial charge in [0.25, 0.3) is 0 Å². The fourth-order valence-electron chi connectivity index (χ4n) is 2.78. The van der Waals surface area contributed by atoms with Crippen molar-refractivity contribution < 1.29 is 27.8 Å². The van der Waals surface area contributed by atoms with Crippen LogP contribution in [0.1, 0.15) is 22.8 Å². The van der Waals surface area contributed by atoms with Crippen molar-refractivity contribution in [3.05, 3.63) is 71.4 Å². The van der Waals surface area contributed by atoms with Gasteiger partial charge in [-0.05, 0) is 35.9 Å². The lowest BCUT2D eigenvalue weighted by atomic mass is 10.0. The average molecular weight is 412 g/mol. The number of methoxy groups -OCH3 is 1. The molecule has 2 aromatic carbocycles. The van der Waals surface area contributed by atoms with Crippen molar-refractivity contribution in [2.45, 2.75) is 13.5 Å². The van der Waals surface area contributed by atoms with Crippen molar-refractivity contribution >= 4 is 18.0 Å². The Kier molecular flexibility index (Phi) is 6.36. The molecule has 3 rings (SSSR count). The fourth-order valence-corrected chi connectivity index (χ4v) is 2.78. The van der Waals surface area contributed by atoms with Gasteiger partial charge in [-0.3, -0.25) is 9.59 Å². The Balaban J connectivity index is 1.88. The van der Waals surface area contributed by atoms with Crippen molar-refractivity contribution in [1.82, 2.24) is 4.98 Å². The molecule has 1 N–H and O–H groups in total. The summed E-state index contributed by atoms with van der Waals surface area (Å²) >= 11 is 0. The van der Waals surface area contributed by atoms with Crippen LogP contribution in [-0.2, 0) is 11.4 Å². The topological polar surface area (TPSA) is 77.5 Å². The largest absolute Gasteiger partial charge is 0.497 e. The van der Waals surface area contributed by atoms with Gasteiger partial charge in [0.1, 0.15) is 18.2 Å². The van der Waals surface area contributed by atoms with E-state index in [1.807, 2.05) is 0 Å². The van der Waals surface area contributed by atoms with Crippen LogP contribution in [0.25, 0.3) is 11.1 Å². The highest BCUT2D eigenvalue weighted by Gasteiger charge is 2.19. The first-order chi connectivity index (χ1) is 14.4. The van der Waals surface area contributed by atoms with Crippen molar-refractivity contribution in [2.24, 2.45) is 0 Å². The lowest BCUT2D eigenvalue weighted by Gasteiger charge is -2.13. The molecule has 3 aromatic rings. The Labute approximate surface area is 171 Å². The fraction of sp³-hybridized carbons (Fsp3) is 0.136. The molecule has 0 saturated carbocycles. The zero-order valence-electron chi connectivity index (χ0n) is 16.2. The van der Waals surface area contributed by atoms with E-state index < -0.39 is 11.6 Å². The number of halogens is 2. The summed E-state index contributed by atoms with van der Waals surface area (Å²) in [6.07, 6.45) is 1.66. The van der Waals surface area contributed by atoms with E-state index in [1.54, 1.807) is 31.4 Å². The number of hydrogen-bond acceptors (Lipinski definition) is 5. The third-order valence-corrected chi connectivity index (χ3v) is 4.26. The van der Waals surface area contributed by atoms with Crippen LogP contribution in [0, 0.1) is 11.6 Å². The normalized spacial score (nSPS) is 10.4. The molecule has 1 aromatic heterocycles. The molecule has 1 amide bonds. The van der Waals surface area contributed by atoms with Crippen LogP contribution >= 0.6 is 0 Å². The third kappa shape index (κ3) is 4.60. The highest BCUT2D eigenvalue weighted by atomic mass is 19.2. The second kappa shape index (κ2) is 9.13. The van der Waals surface area contributed by atoms with Crippen LogP contribution in [0.15, 0.2) is 48.7 Å². The highest BCUT2D eigenvalue weighted by molar-refractivity contribution is 5.92. The number of nitrogens with one attached hydrogen (secondary N) is 1. The van der Waals surface area contributed by atoms with Crippen LogP contribution < -0.4 is 14.8 Å². The molecule has 0 radical (unpaired) electrons. The SMILES string of the molecule is COc1ccc(COc2ccc(-c3cc(NC(C)=O)ncc3C=O)c(F)c2F)cc1. The number of anilines is 1. The molecule has 1 heterocycles. The molecule has 154 valence electrons. The molecule has 0 bridgehead atoms. The van der Waals surface area contributed by atoms with Gasteiger partial charge in [0.05, 0.1) is 7.11 Å². The summed E-state index contributed by atoms with van der Waals surface area (Å²) < 4.78 is 39.9. The Morgan fingerprint density at radius 3 is 2.47 bits per heavy atom. The van der Waals surface area contributed by atoms with Crippen LogP contribution in [0.2, 0.25) is 0 Å². The lowest BCUT2D eigenvalue weighted by molar-refractivity contribution is -0.114. The molecule has 0 atom stereocenters. The van der Waals surface area contributed by atoms with Gasteiger partial charge >= 0.3 is 0 Å². The molecule has 0 fully saturated rings. The maximum atomic E-state index is 14.8. The number of benzene rings is 2. The molecule has 30 heavy (non-hydrogen) atoms. The minimum Gasteiger partial charge on any atom is -0.497 e. The van der Waals surface area contributed by atoms with Crippen LogP contribution in [0.4, 0.5) is 14.6 Å². The number of aromatic nitrogens is 1. The molecule has 8 heteroatoms. The molecular weight excluding hydrogens is 394 g/mol.